The molecule has 0 atom stereocenters. The van der Waals surface area contributed by atoms with Gasteiger partial charge in [-0.15, -0.1) is 0 Å². The molecule has 0 aliphatic carbocycles. The Bertz CT molecular complexity index is 1400. The number of benzene rings is 2. The van der Waals surface area contributed by atoms with Crippen molar-refractivity contribution in [3.05, 3.63) is 71.2 Å². The monoisotopic (exact) mass is 480 g/mol. The van der Waals surface area contributed by atoms with Crippen LogP contribution in [0.15, 0.2) is 42.7 Å². The van der Waals surface area contributed by atoms with E-state index in [9.17, 15) is 18.7 Å². The molecule has 182 valence electrons. The Morgan fingerprint density at radius 2 is 1.97 bits per heavy atom. The van der Waals surface area contributed by atoms with Crippen molar-refractivity contribution in [2.24, 2.45) is 0 Å². The number of anilines is 1. The lowest BCUT2D eigenvalue weighted by Crippen LogP contribution is -2.12. The first-order chi connectivity index (χ1) is 16.8. The maximum absolute atomic E-state index is 14.7. The van der Waals surface area contributed by atoms with Crippen LogP contribution < -0.4 is 10.1 Å². The number of halogens is 2. The van der Waals surface area contributed by atoms with E-state index in [0.717, 1.165) is 5.52 Å². The van der Waals surface area contributed by atoms with Crippen LogP contribution in [0.3, 0.4) is 0 Å². The number of fused-ring (bicyclic) bond motifs is 1. The average molecular weight is 481 g/mol. The molecule has 0 spiro atoms. The summed E-state index contributed by atoms with van der Waals surface area (Å²) in [6, 6.07) is 9.83. The molecule has 4 rings (SSSR count). The number of carbonyl (C=O) groups is 1. The maximum Gasteiger partial charge on any atom is 0.338 e. The Labute approximate surface area is 201 Å². The van der Waals surface area contributed by atoms with Gasteiger partial charge in [0.2, 0.25) is 0 Å². The minimum absolute atomic E-state index is 0.280. The lowest BCUT2D eigenvalue weighted by molar-refractivity contribution is 0.0690. The highest BCUT2D eigenvalue weighted by Gasteiger charge is 2.18. The summed E-state index contributed by atoms with van der Waals surface area (Å²) in [7, 11) is 1.54. The van der Waals surface area contributed by atoms with Crippen LogP contribution in [-0.4, -0.2) is 39.3 Å². The van der Waals surface area contributed by atoms with Gasteiger partial charge in [-0.2, -0.15) is 0 Å². The van der Waals surface area contributed by atoms with Crippen LogP contribution >= 0.6 is 0 Å². The number of methoxy groups -OCH3 is 1. The largest absolute Gasteiger partial charge is 0.497 e. The fourth-order valence-corrected chi connectivity index (χ4v) is 4.26. The number of ether oxygens (including phenoxy) is 1. The molecule has 2 N–H and O–H groups in total. The van der Waals surface area contributed by atoms with Crippen LogP contribution in [-0.2, 0) is 13.0 Å². The smallest absolute Gasteiger partial charge is 0.338 e. The van der Waals surface area contributed by atoms with Gasteiger partial charge in [-0.1, -0.05) is 13.3 Å². The third kappa shape index (κ3) is 4.80. The number of nitrogens with one attached hydrogen (secondary N) is 1. The number of carboxylic acid groups (broad SMARTS) is 1. The van der Waals surface area contributed by atoms with Crippen LogP contribution in [0.25, 0.3) is 22.2 Å². The zero-order chi connectivity index (χ0) is 25.1. The zero-order valence-electron chi connectivity index (χ0n) is 19.7. The molecule has 0 saturated heterocycles. The Morgan fingerprint density at radius 3 is 2.69 bits per heavy atom. The van der Waals surface area contributed by atoms with Crippen LogP contribution in [0.2, 0.25) is 0 Å². The molecule has 7 nitrogen and oxygen atoms in total. The van der Waals surface area contributed by atoms with Gasteiger partial charge >= 0.3 is 5.97 Å². The van der Waals surface area contributed by atoms with E-state index in [1.807, 2.05) is 17.6 Å². The number of rotatable bonds is 9. The van der Waals surface area contributed by atoms with Gasteiger partial charge in [0, 0.05) is 30.1 Å². The predicted octanol–water partition coefficient (Wildman–Crippen LogP) is 5.46. The molecule has 35 heavy (non-hydrogen) atoms. The minimum Gasteiger partial charge on any atom is -0.497 e. The number of hydrogen-bond acceptors (Lipinski definition) is 5. The van der Waals surface area contributed by atoms with Crippen LogP contribution in [0.4, 0.5) is 14.6 Å². The first-order valence-electron chi connectivity index (χ1n) is 11.3. The van der Waals surface area contributed by atoms with Crippen molar-refractivity contribution in [2.75, 3.05) is 19.0 Å². The van der Waals surface area contributed by atoms with Gasteiger partial charge in [-0.25, -0.2) is 23.5 Å². The summed E-state index contributed by atoms with van der Waals surface area (Å²) in [5.41, 5.74) is 2.36. The number of hydrogen-bond donors (Lipinski definition) is 2. The molecule has 0 radical (unpaired) electrons. The van der Waals surface area contributed by atoms with E-state index in [1.165, 1.54) is 12.4 Å². The molecule has 2 aromatic carbocycles. The molecular formula is C26H26F2N4O3. The van der Waals surface area contributed by atoms with E-state index in [2.05, 4.69) is 15.3 Å². The van der Waals surface area contributed by atoms with Gasteiger partial charge in [0.25, 0.3) is 0 Å². The highest BCUT2D eigenvalue weighted by molar-refractivity contribution is 5.90. The van der Waals surface area contributed by atoms with Gasteiger partial charge < -0.3 is 19.7 Å². The van der Waals surface area contributed by atoms with Crippen molar-refractivity contribution >= 4 is 22.7 Å². The Hall–Kier alpha value is -4.01. The Balaban J connectivity index is 1.55. The highest BCUT2D eigenvalue weighted by atomic mass is 19.1. The van der Waals surface area contributed by atoms with Gasteiger partial charge in [0.05, 0.1) is 29.6 Å². The van der Waals surface area contributed by atoms with Crippen molar-refractivity contribution in [1.82, 2.24) is 14.5 Å². The van der Waals surface area contributed by atoms with Gasteiger partial charge in [0.1, 0.15) is 23.7 Å². The first-order valence-corrected chi connectivity index (χ1v) is 11.3. The van der Waals surface area contributed by atoms with E-state index >= 15 is 0 Å². The Kier molecular flexibility index (Phi) is 6.95. The van der Waals surface area contributed by atoms with E-state index < -0.39 is 11.8 Å². The van der Waals surface area contributed by atoms with E-state index in [1.54, 1.807) is 38.3 Å². The SMILES string of the molecule is CCCc1cc(-c2cc(NCCn3c(C)c(F)c4cc(OC)ccc43)ncn2)cc(F)c1C(=O)O. The summed E-state index contributed by atoms with van der Waals surface area (Å²) >= 11 is 0. The van der Waals surface area contributed by atoms with E-state index in [0.29, 0.717) is 65.4 Å². The molecule has 0 saturated carbocycles. The fourth-order valence-electron chi connectivity index (χ4n) is 4.26. The van der Waals surface area contributed by atoms with E-state index in [4.69, 9.17) is 4.74 Å². The summed E-state index contributed by atoms with van der Waals surface area (Å²) in [4.78, 5) is 19.9. The van der Waals surface area contributed by atoms with Crippen LogP contribution in [0, 0.1) is 18.6 Å². The van der Waals surface area contributed by atoms with E-state index in [-0.39, 0.29) is 11.4 Å². The summed E-state index contributed by atoms with van der Waals surface area (Å²) < 4.78 is 36.4. The van der Waals surface area contributed by atoms with Crippen molar-refractivity contribution in [2.45, 2.75) is 33.2 Å². The van der Waals surface area contributed by atoms with Crippen molar-refractivity contribution in [1.29, 1.82) is 0 Å². The summed E-state index contributed by atoms with van der Waals surface area (Å²) in [5.74, 6) is -1.25. The molecule has 0 amide bonds. The normalized spacial score (nSPS) is 11.1. The Morgan fingerprint density at radius 1 is 1.17 bits per heavy atom. The second-order valence-electron chi connectivity index (χ2n) is 8.20. The number of aromatic carboxylic acids is 1. The molecule has 9 heteroatoms. The summed E-state index contributed by atoms with van der Waals surface area (Å²) in [6.45, 7) is 4.58. The molecule has 4 aromatic rings. The molecule has 0 aliphatic rings. The molecular weight excluding hydrogens is 454 g/mol. The molecule has 0 fully saturated rings. The highest BCUT2D eigenvalue weighted by Crippen LogP contribution is 2.29. The van der Waals surface area contributed by atoms with Crippen molar-refractivity contribution in [3.63, 3.8) is 0 Å². The van der Waals surface area contributed by atoms with Crippen LogP contribution in [0.5, 0.6) is 5.75 Å². The fraction of sp³-hybridized carbons (Fsp3) is 0.269. The van der Waals surface area contributed by atoms with Crippen molar-refractivity contribution < 1.29 is 23.4 Å². The number of nitrogens with zero attached hydrogens (tertiary/aromatic N) is 3. The van der Waals surface area contributed by atoms with Gasteiger partial charge in [-0.05, 0) is 49.2 Å². The first kappa shape index (κ1) is 24.1. The molecule has 2 aromatic heterocycles. The molecule has 2 heterocycles. The molecule has 0 unspecified atom stereocenters. The average Bonchev–Trinajstić information content (AvgIpc) is 3.08. The molecule has 0 bridgehead atoms. The van der Waals surface area contributed by atoms with Crippen molar-refractivity contribution in [3.8, 4) is 17.0 Å². The van der Waals surface area contributed by atoms with Gasteiger partial charge in [0.15, 0.2) is 5.82 Å². The second kappa shape index (κ2) is 10.1. The minimum atomic E-state index is -1.29. The second-order valence-corrected chi connectivity index (χ2v) is 8.20. The van der Waals surface area contributed by atoms with Gasteiger partial charge in [-0.3, -0.25) is 0 Å². The third-order valence-corrected chi connectivity index (χ3v) is 5.96. The number of carboxylic acids is 1. The lowest BCUT2D eigenvalue weighted by atomic mass is 9.98. The predicted molar refractivity (Wildman–Crippen MR) is 130 cm³/mol. The standard InChI is InChI=1S/C26H26F2N4O3/c1-4-5-16-10-17(11-20(27)24(16)26(33)34)21-13-23(31-14-30-21)29-8-9-32-15(2)25(28)19-12-18(35-3)6-7-22(19)32/h6-7,10-14H,4-5,8-9H2,1-3H3,(H,33,34)(H,29,30,31). The third-order valence-electron chi connectivity index (χ3n) is 5.96. The number of aromatic nitrogens is 3. The molecule has 0 aliphatic heterocycles. The number of aryl methyl sites for hydroxylation is 1. The summed E-state index contributed by atoms with van der Waals surface area (Å²) in [6.07, 6.45) is 2.48. The topological polar surface area (TPSA) is 89.3 Å². The van der Waals surface area contributed by atoms with Crippen LogP contribution in [0.1, 0.15) is 35.0 Å². The zero-order valence-corrected chi connectivity index (χ0v) is 19.7. The maximum atomic E-state index is 14.7. The lowest BCUT2D eigenvalue weighted by Gasteiger charge is -2.12. The summed E-state index contributed by atoms with van der Waals surface area (Å²) in [5, 5.41) is 13.1. The quantitative estimate of drug-likeness (QED) is 0.331.